The Balaban J connectivity index is 3.98. The summed E-state index contributed by atoms with van der Waals surface area (Å²) in [5.74, 6) is 0.292. The third-order valence-corrected chi connectivity index (χ3v) is 4.66. The highest BCUT2D eigenvalue weighted by Crippen LogP contribution is 2.14. The van der Waals surface area contributed by atoms with Crippen LogP contribution in [0.4, 0.5) is 0 Å². The fraction of sp³-hybridized carbons (Fsp3) is 0.640. The quantitative estimate of drug-likeness (QED) is 0.277. The van der Waals surface area contributed by atoms with E-state index in [1.54, 1.807) is 7.11 Å². The molecule has 27 heavy (non-hydrogen) atoms. The lowest BCUT2D eigenvalue weighted by Crippen LogP contribution is -2.01. The Kier molecular flexibility index (Phi) is 15.9. The predicted octanol–water partition coefficient (Wildman–Crippen LogP) is 7.52. The molecule has 0 N–H and O–H groups in total. The minimum Gasteiger partial charge on any atom is -0.384 e. The summed E-state index contributed by atoms with van der Waals surface area (Å²) in [7, 11) is 1.64. The van der Waals surface area contributed by atoms with Gasteiger partial charge in [-0.25, -0.2) is 0 Å². The van der Waals surface area contributed by atoms with E-state index in [9.17, 15) is 4.79 Å². The molecule has 0 aromatic carbocycles. The number of rotatable bonds is 15. The number of ketones is 1. The lowest BCUT2D eigenvalue weighted by Gasteiger charge is -2.03. The van der Waals surface area contributed by atoms with Crippen molar-refractivity contribution in [2.24, 2.45) is 0 Å². The molecule has 0 radical (unpaired) electrons. The van der Waals surface area contributed by atoms with Crippen molar-refractivity contribution in [2.45, 2.75) is 92.4 Å². The number of Topliss-reactive ketones (excluding diaryl/α,β-unsaturated/α-hetero) is 1. The Bertz CT molecular complexity index is 529. The van der Waals surface area contributed by atoms with Gasteiger partial charge in [-0.05, 0) is 79.6 Å². The first-order chi connectivity index (χ1) is 12.8. The van der Waals surface area contributed by atoms with Crippen molar-refractivity contribution in [3.8, 4) is 0 Å². The average Bonchev–Trinajstić information content (AvgIpc) is 2.59. The van der Waals surface area contributed by atoms with Crippen molar-refractivity contribution in [1.29, 1.82) is 0 Å². The van der Waals surface area contributed by atoms with Crippen LogP contribution in [0.3, 0.4) is 0 Å². The van der Waals surface area contributed by atoms with Crippen LogP contribution >= 0.6 is 0 Å². The maximum absolute atomic E-state index is 11.6. The van der Waals surface area contributed by atoms with Crippen LogP contribution in [0.15, 0.2) is 46.6 Å². The molecule has 0 saturated heterocycles. The fourth-order valence-electron chi connectivity index (χ4n) is 2.81. The summed E-state index contributed by atoms with van der Waals surface area (Å²) in [5, 5.41) is 0. The summed E-state index contributed by atoms with van der Waals surface area (Å²) in [4.78, 5) is 11.6. The topological polar surface area (TPSA) is 26.3 Å². The van der Waals surface area contributed by atoms with Crippen molar-refractivity contribution >= 4 is 5.78 Å². The first kappa shape index (κ1) is 25.6. The summed E-state index contributed by atoms with van der Waals surface area (Å²) in [6, 6.07) is 0. The molecular formula is C25H42O2. The second-order valence-corrected chi connectivity index (χ2v) is 7.87. The molecule has 0 unspecified atom stereocenters. The molecule has 2 heteroatoms. The third-order valence-electron chi connectivity index (χ3n) is 4.66. The first-order valence-corrected chi connectivity index (χ1v) is 10.5. The van der Waals surface area contributed by atoms with Crippen molar-refractivity contribution in [3.05, 3.63) is 46.6 Å². The number of ether oxygens (including phenoxy) is 1. The van der Waals surface area contributed by atoms with Crippen LogP contribution in [0.2, 0.25) is 0 Å². The van der Waals surface area contributed by atoms with Gasteiger partial charge in [0.05, 0.1) is 6.61 Å². The molecule has 0 aromatic heterocycles. The zero-order chi connectivity index (χ0) is 20.5. The minimum absolute atomic E-state index is 0.292. The summed E-state index contributed by atoms with van der Waals surface area (Å²) in [6.07, 6.45) is 18.1. The standard InChI is InChI=1S/C25H42O2/c1-21(2)11-7-12-22(3)13-8-14-23(4)15-9-16-24(5)17-10-18-25(26)19-20-27-6/h11,13,15,17H,7-10,12,14,16,18-20H2,1-6H3. The van der Waals surface area contributed by atoms with Gasteiger partial charge in [-0.2, -0.15) is 0 Å². The van der Waals surface area contributed by atoms with E-state index in [2.05, 4.69) is 58.9 Å². The molecular weight excluding hydrogens is 332 g/mol. The summed E-state index contributed by atoms with van der Waals surface area (Å²) >= 11 is 0. The molecule has 154 valence electrons. The molecule has 0 aliphatic carbocycles. The first-order valence-electron chi connectivity index (χ1n) is 10.5. The van der Waals surface area contributed by atoms with Crippen molar-refractivity contribution < 1.29 is 9.53 Å². The van der Waals surface area contributed by atoms with Gasteiger partial charge in [0.25, 0.3) is 0 Å². The van der Waals surface area contributed by atoms with Crippen LogP contribution in [0.5, 0.6) is 0 Å². The van der Waals surface area contributed by atoms with Crippen LogP contribution in [-0.2, 0) is 9.53 Å². The highest BCUT2D eigenvalue weighted by molar-refractivity contribution is 5.78. The van der Waals surface area contributed by atoms with Gasteiger partial charge in [-0.3, -0.25) is 4.79 Å². The largest absolute Gasteiger partial charge is 0.384 e. The Labute approximate surface area is 168 Å². The SMILES string of the molecule is COCCC(=O)CCC=C(C)CCC=C(C)CCC=C(C)CCC=C(C)C. The fourth-order valence-corrected chi connectivity index (χ4v) is 2.81. The smallest absolute Gasteiger partial charge is 0.135 e. The number of hydrogen-bond acceptors (Lipinski definition) is 2. The van der Waals surface area contributed by atoms with E-state index in [4.69, 9.17) is 4.74 Å². The van der Waals surface area contributed by atoms with Gasteiger partial charge in [0.15, 0.2) is 0 Å². The van der Waals surface area contributed by atoms with Crippen LogP contribution in [-0.4, -0.2) is 19.5 Å². The average molecular weight is 375 g/mol. The minimum atomic E-state index is 0.292. The van der Waals surface area contributed by atoms with E-state index in [0.717, 1.165) is 38.5 Å². The maximum Gasteiger partial charge on any atom is 0.135 e. The van der Waals surface area contributed by atoms with Gasteiger partial charge in [-0.15, -0.1) is 0 Å². The molecule has 0 spiro atoms. The zero-order valence-electron chi connectivity index (χ0n) is 18.7. The van der Waals surface area contributed by atoms with E-state index in [1.165, 1.54) is 28.7 Å². The number of hydrogen-bond donors (Lipinski definition) is 0. The van der Waals surface area contributed by atoms with Crippen molar-refractivity contribution in [1.82, 2.24) is 0 Å². The predicted molar refractivity (Wildman–Crippen MR) is 119 cm³/mol. The molecule has 0 saturated carbocycles. The highest BCUT2D eigenvalue weighted by atomic mass is 16.5. The molecule has 0 atom stereocenters. The molecule has 0 aromatic rings. The van der Waals surface area contributed by atoms with Gasteiger partial charge in [0.1, 0.15) is 5.78 Å². The summed E-state index contributed by atoms with van der Waals surface area (Å²) in [5.41, 5.74) is 5.77. The van der Waals surface area contributed by atoms with Crippen LogP contribution < -0.4 is 0 Å². The number of carbonyl (C=O) groups excluding carboxylic acids is 1. The lowest BCUT2D eigenvalue weighted by molar-refractivity contribution is -0.119. The molecule has 0 aliphatic rings. The zero-order valence-corrected chi connectivity index (χ0v) is 18.7. The lowest BCUT2D eigenvalue weighted by atomic mass is 10.0. The maximum atomic E-state index is 11.6. The second kappa shape index (κ2) is 16.7. The van der Waals surface area contributed by atoms with E-state index in [0.29, 0.717) is 25.2 Å². The summed E-state index contributed by atoms with van der Waals surface area (Å²) in [6.45, 7) is 11.5. The molecule has 0 amide bonds. The Morgan fingerprint density at radius 3 is 1.44 bits per heavy atom. The van der Waals surface area contributed by atoms with Gasteiger partial charge in [0, 0.05) is 20.0 Å². The van der Waals surface area contributed by atoms with E-state index in [-0.39, 0.29) is 0 Å². The molecule has 0 aliphatic heterocycles. The van der Waals surface area contributed by atoms with E-state index < -0.39 is 0 Å². The van der Waals surface area contributed by atoms with E-state index >= 15 is 0 Å². The molecule has 0 heterocycles. The molecule has 0 fully saturated rings. The van der Waals surface area contributed by atoms with E-state index in [1.807, 2.05) is 0 Å². The number of methoxy groups -OCH3 is 1. The Morgan fingerprint density at radius 1 is 0.630 bits per heavy atom. The second-order valence-electron chi connectivity index (χ2n) is 7.87. The number of carbonyl (C=O) groups is 1. The van der Waals surface area contributed by atoms with Crippen molar-refractivity contribution in [3.63, 3.8) is 0 Å². The Morgan fingerprint density at radius 2 is 1.04 bits per heavy atom. The van der Waals surface area contributed by atoms with Gasteiger partial charge < -0.3 is 4.74 Å². The van der Waals surface area contributed by atoms with Crippen LogP contribution in [0.25, 0.3) is 0 Å². The number of allylic oxidation sites excluding steroid dienone is 8. The van der Waals surface area contributed by atoms with Crippen LogP contribution in [0.1, 0.15) is 92.4 Å². The highest BCUT2D eigenvalue weighted by Gasteiger charge is 2.00. The Hall–Kier alpha value is -1.41. The normalized spacial score (nSPS) is 13.0. The molecule has 2 nitrogen and oxygen atoms in total. The van der Waals surface area contributed by atoms with Gasteiger partial charge in [0.2, 0.25) is 0 Å². The molecule has 0 rings (SSSR count). The molecule has 0 bridgehead atoms. The van der Waals surface area contributed by atoms with Gasteiger partial charge in [-0.1, -0.05) is 46.6 Å². The van der Waals surface area contributed by atoms with Crippen LogP contribution in [0, 0.1) is 0 Å². The monoisotopic (exact) mass is 374 g/mol. The third kappa shape index (κ3) is 17.7. The van der Waals surface area contributed by atoms with Gasteiger partial charge >= 0.3 is 0 Å². The summed E-state index contributed by atoms with van der Waals surface area (Å²) < 4.78 is 4.93. The van der Waals surface area contributed by atoms with Crippen molar-refractivity contribution in [2.75, 3.05) is 13.7 Å².